The van der Waals surface area contributed by atoms with Gasteiger partial charge in [-0.05, 0) is 17.7 Å². The van der Waals surface area contributed by atoms with Crippen LogP contribution >= 0.6 is 12.4 Å². The fraction of sp³-hybridized carbons (Fsp3) is 0.318. The molecule has 29 heavy (non-hydrogen) atoms. The Balaban J connectivity index is 0.00000300. The van der Waals surface area contributed by atoms with Crippen LogP contribution < -0.4 is 20.5 Å². The lowest BCUT2D eigenvalue weighted by Gasteiger charge is -2.22. The predicted octanol–water partition coefficient (Wildman–Crippen LogP) is 3.45. The number of H-pyrrole nitrogens is 1. The molecule has 0 aliphatic carbocycles. The zero-order valence-corrected chi connectivity index (χ0v) is 17.7. The molecule has 1 amide bonds. The minimum Gasteiger partial charge on any atom is -0.493 e. The molecule has 3 aromatic rings. The number of amides is 1. The maximum absolute atomic E-state index is 12.4. The number of aromatic amines is 1. The van der Waals surface area contributed by atoms with Crippen LogP contribution in [0.15, 0.2) is 48.7 Å². The molecule has 0 saturated carbocycles. The molecule has 0 radical (unpaired) electrons. The first-order chi connectivity index (χ1) is 13.6. The number of para-hydroxylation sites is 2. The van der Waals surface area contributed by atoms with Gasteiger partial charge in [-0.2, -0.15) is 0 Å². The Hall–Kier alpha value is -2.70. The van der Waals surface area contributed by atoms with E-state index < -0.39 is 0 Å². The van der Waals surface area contributed by atoms with E-state index in [1.54, 1.807) is 14.2 Å². The van der Waals surface area contributed by atoms with E-state index in [0.29, 0.717) is 24.6 Å². The highest BCUT2D eigenvalue weighted by molar-refractivity contribution is 5.85. The number of benzene rings is 2. The van der Waals surface area contributed by atoms with Crippen LogP contribution in [0.4, 0.5) is 0 Å². The van der Waals surface area contributed by atoms with Crippen LogP contribution in [-0.2, 0) is 4.79 Å². The summed E-state index contributed by atoms with van der Waals surface area (Å²) in [4.78, 5) is 15.7. The number of aromatic nitrogens is 1. The van der Waals surface area contributed by atoms with Crippen LogP contribution in [0.3, 0.4) is 0 Å². The Morgan fingerprint density at radius 2 is 1.86 bits per heavy atom. The number of hydrogen-bond donors (Lipinski definition) is 3. The molecule has 1 heterocycles. The summed E-state index contributed by atoms with van der Waals surface area (Å²) in [6.07, 6.45) is 1.99. The van der Waals surface area contributed by atoms with Crippen molar-refractivity contribution in [1.29, 1.82) is 0 Å². The van der Waals surface area contributed by atoms with Crippen molar-refractivity contribution in [1.82, 2.24) is 10.3 Å². The molecular formula is C22H28ClN3O3. The summed E-state index contributed by atoms with van der Waals surface area (Å²) in [5, 5.41) is 4.15. The van der Waals surface area contributed by atoms with Crippen LogP contribution in [0.25, 0.3) is 10.9 Å². The third-order valence-corrected chi connectivity index (χ3v) is 5.09. The summed E-state index contributed by atoms with van der Waals surface area (Å²) in [5.41, 5.74) is 8.73. The summed E-state index contributed by atoms with van der Waals surface area (Å²) in [6.45, 7) is 2.56. The van der Waals surface area contributed by atoms with Gasteiger partial charge in [-0.15, -0.1) is 12.4 Å². The number of carbonyl (C=O) groups is 1. The Bertz CT molecular complexity index is 957. The van der Waals surface area contributed by atoms with Gasteiger partial charge in [0.25, 0.3) is 0 Å². The van der Waals surface area contributed by atoms with E-state index in [9.17, 15) is 4.79 Å². The highest BCUT2D eigenvalue weighted by atomic mass is 35.5. The molecule has 0 saturated heterocycles. The van der Waals surface area contributed by atoms with Crippen LogP contribution in [-0.4, -0.2) is 38.2 Å². The lowest BCUT2D eigenvalue weighted by molar-refractivity contribution is -0.124. The largest absolute Gasteiger partial charge is 0.493 e. The minimum absolute atomic E-state index is 0. The molecule has 2 unspecified atom stereocenters. The van der Waals surface area contributed by atoms with Crippen molar-refractivity contribution >= 4 is 29.2 Å². The smallest absolute Gasteiger partial charge is 0.224 e. The first-order valence-corrected chi connectivity index (χ1v) is 9.35. The van der Waals surface area contributed by atoms with E-state index in [0.717, 1.165) is 22.0 Å². The zero-order chi connectivity index (χ0) is 20.1. The van der Waals surface area contributed by atoms with Gasteiger partial charge in [0.05, 0.1) is 14.2 Å². The maximum Gasteiger partial charge on any atom is 0.224 e. The number of nitrogens with two attached hydrogens (primary N) is 1. The van der Waals surface area contributed by atoms with Gasteiger partial charge < -0.3 is 25.5 Å². The average molecular weight is 418 g/mol. The Labute approximate surface area is 177 Å². The predicted molar refractivity (Wildman–Crippen MR) is 118 cm³/mol. The van der Waals surface area contributed by atoms with Crippen LogP contribution in [0.5, 0.6) is 11.5 Å². The molecule has 156 valence electrons. The van der Waals surface area contributed by atoms with E-state index in [1.165, 1.54) is 0 Å². The highest BCUT2D eigenvalue weighted by Crippen LogP contribution is 2.40. The van der Waals surface area contributed by atoms with Crippen molar-refractivity contribution in [3.8, 4) is 11.5 Å². The van der Waals surface area contributed by atoms with Crippen molar-refractivity contribution in [2.75, 3.05) is 27.3 Å². The lowest BCUT2D eigenvalue weighted by atomic mass is 9.89. The molecule has 0 aliphatic heterocycles. The minimum atomic E-state index is -0.240. The Morgan fingerprint density at radius 3 is 2.55 bits per heavy atom. The molecule has 0 fully saturated rings. The quantitative estimate of drug-likeness (QED) is 0.523. The normalized spacial score (nSPS) is 12.7. The number of nitrogens with one attached hydrogen (secondary N) is 2. The fourth-order valence-corrected chi connectivity index (χ4v) is 3.44. The van der Waals surface area contributed by atoms with Gasteiger partial charge in [-0.1, -0.05) is 37.3 Å². The first kappa shape index (κ1) is 22.6. The second-order valence-corrected chi connectivity index (χ2v) is 6.81. The number of fused-ring (bicyclic) bond motifs is 1. The molecule has 0 bridgehead atoms. The Kier molecular flexibility index (Phi) is 7.93. The first-order valence-electron chi connectivity index (χ1n) is 9.35. The van der Waals surface area contributed by atoms with Crippen LogP contribution in [0, 0.1) is 5.92 Å². The van der Waals surface area contributed by atoms with Gasteiger partial charge in [-0.25, -0.2) is 0 Å². The van der Waals surface area contributed by atoms with E-state index in [1.807, 2.05) is 49.5 Å². The molecule has 1 aromatic heterocycles. The Morgan fingerprint density at radius 1 is 1.10 bits per heavy atom. The van der Waals surface area contributed by atoms with Gasteiger partial charge >= 0.3 is 0 Å². The number of methoxy groups -OCH3 is 2. The van der Waals surface area contributed by atoms with Gasteiger partial charge in [0.1, 0.15) is 0 Å². The average Bonchev–Trinajstić information content (AvgIpc) is 3.16. The molecule has 0 spiro atoms. The third-order valence-electron chi connectivity index (χ3n) is 5.09. The van der Waals surface area contributed by atoms with Gasteiger partial charge in [-0.3, -0.25) is 4.79 Å². The summed E-state index contributed by atoms with van der Waals surface area (Å²) < 4.78 is 11.1. The van der Waals surface area contributed by atoms with Gasteiger partial charge in [0, 0.05) is 47.6 Å². The topological polar surface area (TPSA) is 89.4 Å². The van der Waals surface area contributed by atoms with E-state index in [2.05, 4.69) is 16.4 Å². The van der Waals surface area contributed by atoms with E-state index in [-0.39, 0.29) is 30.2 Å². The molecule has 0 aliphatic rings. The monoisotopic (exact) mass is 417 g/mol. The summed E-state index contributed by atoms with van der Waals surface area (Å²) in [7, 11) is 3.25. The molecule has 6 nitrogen and oxygen atoms in total. The zero-order valence-electron chi connectivity index (χ0n) is 16.9. The number of rotatable bonds is 8. The number of hydrogen-bond acceptors (Lipinski definition) is 4. The van der Waals surface area contributed by atoms with E-state index in [4.69, 9.17) is 15.2 Å². The van der Waals surface area contributed by atoms with Crippen LogP contribution in [0.2, 0.25) is 0 Å². The van der Waals surface area contributed by atoms with Gasteiger partial charge in [0.15, 0.2) is 11.5 Å². The van der Waals surface area contributed by atoms with E-state index >= 15 is 0 Å². The number of ether oxygens (including phenoxy) is 2. The van der Waals surface area contributed by atoms with Gasteiger partial charge in [0.2, 0.25) is 5.91 Å². The molecule has 7 heteroatoms. The number of carbonyl (C=O) groups excluding carboxylic acids is 1. The molecule has 2 aromatic carbocycles. The van der Waals surface area contributed by atoms with Crippen molar-refractivity contribution in [2.45, 2.75) is 12.8 Å². The standard InChI is InChI=1S/C22H27N3O3.ClH/c1-14(11-23)22(26)25-13-18(16-8-6-10-20(27-2)21(16)28-3)17-12-24-19-9-5-4-7-15(17)19;/h4-10,12,14,18,24H,11,13,23H2,1-3H3,(H,25,26);1H. The molecule has 4 N–H and O–H groups in total. The lowest BCUT2D eigenvalue weighted by Crippen LogP contribution is -2.36. The molecule has 2 atom stereocenters. The van der Waals surface area contributed by atoms with Crippen LogP contribution in [0.1, 0.15) is 24.0 Å². The summed E-state index contributed by atoms with van der Waals surface area (Å²) >= 11 is 0. The second kappa shape index (κ2) is 10.2. The molecule has 3 rings (SSSR count). The third kappa shape index (κ3) is 4.66. The molecular weight excluding hydrogens is 390 g/mol. The van der Waals surface area contributed by atoms with Crippen molar-refractivity contribution in [2.24, 2.45) is 11.7 Å². The maximum atomic E-state index is 12.4. The van der Waals surface area contributed by atoms with Crippen molar-refractivity contribution in [3.05, 3.63) is 59.8 Å². The highest BCUT2D eigenvalue weighted by Gasteiger charge is 2.24. The van der Waals surface area contributed by atoms with Crippen molar-refractivity contribution in [3.63, 3.8) is 0 Å². The fourth-order valence-electron chi connectivity index (χ4n) is 3.44. The number of halogens is 1. The summed E-state index contributed by atoms with van der Waals surface area (Å²) in [6, 6.07) is 13.9. The van der Waals surface area contributed by atoms with Crippen molar-refractivity contribution < 1.29 is 14.3 Å². The SMILES string of the molecule is COc1cccc(C(CNC(=O)C(C)CN)c2c[nH]c3ccccc23)c1OC.Cl. The summed E-state index contributed by atoms with van der Waals surface area (Å²) in [5.74, 6) is 0.910. The second-order valence-electron chi connectivity index (χ2n) is 6.81.